The molecular formula is C14H21F3N2O. The molecule has 0 fully saturated rings. The minimum atomic E-state index is -3.07. The first-order valence-corrected chi connectivity index (χ1v) is 6.63. The fourth-order valence-corrected chi connectivity index (χ4v) is 1.97. The van der Waals surface area contributed by atoms with Crippen molar-refractivity contribution in [1.29, 1.82) is 0 Å². The molecule has 1 rings (SSSR count). The van der Waals surface area contributed by atoms with Gasteiger partial charge in [0.2, 0.25) is 0 Å². The highest BCUT2D eigenvalue weighted by molar-refractivity contribution is 5.68. The normalized spacial score (nSPS) is 14.2. The van der Waals surface area contributed by atoms with E-state index in [0.29, 0.717) is 11.6 Å². The van der Waals surface area contributed by atoms with Crippen molar-refractivity contribution < 1.29 is 17.9 Å². The van der Waals surface area contributed by atoms with Gasteiger partial charge in [0.1, 0.15) is 0 Å². The van der Waals surface area contributed by atoms with Gasteiger partial charge in [0.25, 0.3) is 0 Å². The molecule has 114 valence electrons. The van der Waals surface area contributed by atoms with Gasteiger partial charge in [-0.15, -0.1) is 0 Å². The van der Waals surface area contributed by atoms with E-state index in [4.69, 9.17) is 5.73 Å². The Labute approximate surface area is 117 Å². The van der Waals surface area contributed by atoms with Crippen LogP contribution in [-0.2, 0) is 0 Å². The van der Waals surface area contributed by atoms with E-state index in [1.54, 1.807) is 0 Å². The predicted molar refractivity (Wildman–Crippen MR) is 74.6 cm³/mol. The summed E-state index contributed by atoms with van der Waals surface area (Å²) in [6.07, 6.45) is 1.95. The molecular weight excluding hydrogens is 269 g/mol. The van der Waals surface area contributed by atoms with Crippen molar-refractivity contribution in [3.8, 4) is 5.75 Å². The average Bonchev–Trinajstić information content (AvgIpc) is 2.34. The quantitative estimate of drug-likeness (QED) is 0.738. The third kappa shape index (κ3) is 4.83. The largest absolute Gasteiger partial charge is 0.432 e. The van der Waals surface area contributed by atoms with Crippen molar-refractivity contribution in [3.05, 3.63) is 17.9 Å². The molecule has 3 nitrogen and oxygen atoms in total. The first-order chi connectivity index (χ1) is 9.33. The van der Waals surface area contributed by atoms with E-state index in [2.05, 4.69) is 23.9 Å². The monoisotopic (exact) mass is 290 g/mol. The Balaban J connectivity index is 2.83. The molecule has 20 heavy (non-hydrogen) atoms. The number of hydrogen-bond acceptors (Lipinski definition) is 3. The SMILES string of the molecule is CCC(C)CC(C)Nc1cc(OC(F)F)c(F)cc1N. The summed E-state index contributed by atoms with van der Waals surface area (Å²) in [4.78, 5) is 0. The lowest BCUT2D eigenvalue weighted by atomic mass is 10.00. The second-order valence-corrected chi connectivity index (χ2v) is 5.04. The first kappa shape index (κ1) is 16.5. The van der Waals surface area contributed by atoms with Gasteiger partial charge in [-0.3, -0.25) is 0 Å². The van der Waals surface area contributed by atoms with E-state index < -0.39 is 18.2 Å². The predicted octanol–water partition coefficient (Wildman–Crippen LogP) is 4.25. The highest BCUT2D eigenvalue weighted by Crippen LogP contribution is 2.30. The molecule has 2 atom stereocenters. The summed E-state index contributed by atoms with van der Waals surface area (Å²) >= 11 is 0. The molecule has 1 aromatic carbocycles. The third-order valence-electron chi connectivity index (χ3n) is 3.17. The number of nitrogens with two attached hydrogens (primary N) is 1. The maximum absolute atomic E-state index is 13.4. The molecule has 6 heteroatoms. The Kier molecular flexibility index (Phi) is 5.98. The number of nitrogen functional groups attached to an aromatic ring is 1. The number of alkyl halides is 2. The fourth-order valence-electron chi connectivity index (χ4n) is 1.97. The first-order valence-electron chi connectivity index (χ1n) is 6.63. The molecule has 3 N–H and O–H groups in total. The van der Waals surface area contributed by atoms with Crippen molar-refractivity contribution in [2.75, 3.05) is 11.1 Å². The second-order valence-electron chi connectivity index (χ2n) is 5.04. The smallest absolute Gasteiger partial charge is 0.387 e. The zero-order valence-electron chi connectivity index (χ0n) is 11.9. The molecule has 0 aliphatic rings. The van der Waals surface area contributed by atoms with Gasteiger partial charge >= 0.3 is 6.61 Å². The van der Waals surface area contributed by atoms with E-state index in [1.165, 1.54) is 6.07 Å². The van der Waals surface area contributed by atoms with E-state index in [1.807, 2.05) is 6.92 Å². The lowest BCUT2D eigenvalue weighted by molar-refractivity contribution is -0.0521. The van der Waals surface area contributed by atoms with Gasteiger partial charge in [-0.1, -0.05) is 20.3 Å². The van der Waals surface area contributed by atoms with Crippen LogP contribution in [0.5, 0.6) is 5.75 Å². The molecule has 0 spiro atoms. The minimum absolute atomic E-state index is 0.0945. The highest BCUT2D eigenvalue weighted by Gasteiger charge is 2.15. The zero-order valence-corrected chi connectivity index (χ0v) is 11.9. The van der Waals surface area contributed by atoms with Crippen LogP contribution in [0.1, 0.15) is 33.6 Å². The highest BCUT2D eigenvalue weighted by atomic mass is 19.3. The fraction of sp³-hybridized carbons (Fsp3) is 0.571. The Morgan fingerprint density at radius 3 is 2.50 bits per heavy atom. The van der Waals surface area contributed by atoms with Gasteiger partial charge in [-0.05, 0) is 19.3 Å². The van der Waals surface area contributed by atoms with Crippen molar-refractivity contribution in [2.24, 2.45) is 5.92 Å². The summed E-state index contributed by atoms with van der Waals surface area (Å²) < 4.78 is 41.9. The summed E-state index contributed by atoms with van der Waals surface area (Å²) in [5.41, 5.74) is 6.25. The molecule has 2 unspecified atom stereocenters. The van der Waals surface area contributed by atoms with Crippen LogP contribution in [0.4, 0.5) is 24.5 Å². The van der Waals surface area contributed by atoms with Crippen molar-refractivity contribution in [2.45, 2.75) is 46.3 Å². The lowest BCUT2D eigenvalue weighted by Gasteiger charge is -2.20. The van der Waals surface area contributed by atoms with Gasteiger partial charge in [-0.25, -0.2) is 4.39 Å². The average molecular weight is 290 g/mol. The van der Waals surface area contributed by atoms with Crippen LogP contribution < -0.4 is 15.8 Å². The maximum atomic E-state index is 13.4. The van der Waals surface area contributed by atoms with Crippen LogP contribution in [0.2, 0.25) is 0 Å². The molecule has 0 aromatic heterocycles. The summed E-state index contributed by atoms with van der Waals surface area (Å²) in [5, 5.41) is 3.10. The Morgan fingerprint density at radius 1 is 1.30 bits per heavy atom. The van der Waals surface area contributed by atoms with Gasteiger partial charge in [0.05, 0.1) is 11.4 Å². The van der Waals surface area contributed by atoms with Gasteiger partial charge < -0.3 is 15.8 Å². The Hall–Kier alpha value is -1.59. The minimum Gasteiger partial charge on any atom is -0.432 e. The van der Waals surface area contributed by atoms with Gasteiger partial charge in [-0.2, -0.15) is 8.78 Å². The number of anilines is 2. The van der Waals surface area contributed by atoms with E-state index in [0.717, 1.165) is 18.9 Å². The number of rotatable bonds is 7. The van der Waals surface area contributed by atoms with Crippen LogP contribution in [0.15, 0.2) is 12.1 Å². The van der Waals surface area contributed by atoms with E-state index in [9.17, 15) is 13.2 Å². The van der Waals surface area contributed by atoms with Crippen molar-refractivity contribution >= 4 is 11.4 Å². The number of benzene rings is 1. The standard InChI is InChI=1S/C14H21F3N2O/c1-4-8(2)5-9(3)19-12-7-13(20-14(16)17)10(15)6-11(12)18/h6-9,14,19H,4-5,18H2,1-3H3. The third-order valence-corrected chi connectivity index (χ3v) is 3.17. The van der Waals surface area contributed by atoms with Crippen LogP contribution in [0.3, 0.4) is 0 Å². The van der Waals surface area contributed by atoms with Crippen LogP contribution in [0.25, 0.3) is 0 Å². The maximum Gasteiger partial charge on any atom is 0.387 e. The molecule has 0 amide bonds. The number of halogens is 3. The summed E-state index contributed by atoms with van der Waals surface area (Å²) in [6.45, 7) is 3.11. The van der Waals surface area contributed by atoms with Crippen molar-refractivity contribution in [3.63, 3.8) is 0 Å². The van der Waals surface area contributed by atoms with Crippen LogP contribution >= 0.6 is 0 Å². The van der Waals surface area contributed by atoms with Gasteiger partial charge in [0, 0.05) is 18.2 Å². The van der Waals surface area contributed by atoms with Crippen LogP contribution in [-0.4, -0.2) is 12.7 Å². The Bertz CT molecular complexity index is 441. The zero-order chi connectivity index (χ0) is 15.3. The summed E-state index contributed by atoms with van der Waals surface area (Å²) in [6, 6.07) is 2.25. The second kappa shape index (κ2) is 7.26. The molecule has 0 radical (unpaired) electrons. The Morgan fingerprint density at radius 2 is 1.95 bits per heavy atom. The van der Waals surface area contributed by atoms with E-state index >= 15 is 0 Å². The molecule has 0 heterocycles. The molecule has 0 bridgehead atoms. The molecule has 0 aliphatic carbocycles. The van der Waals surface area contributed by atoms with Crippen LogP contribution in [0, 0.1) is 11.7 Å². The number of nitrogens with one attached hydrogen (secondary N) is 1. The number of hydrogen-bond donors (Lipinski definition) is 2. The summed E-state index contributed by atoms with van der Waals surface area (Å²) in [7, 11) is 0. The molecule has 0 saturated heterocycles. The van der Waals surface area contributed by atoms with Gasteiger partial charge in [0.15, 0.2) is 11.6 Å². The molecule has 0 saturated carbocycles. The van der Waals surface area contributed by atoms with E-state index in [-0.39, 0.29) is 11.7 Å². The lowest BCUT2D eigenvalue weighted by Crippen LogP contribution is -2.19. The molecule has 1 aromatic rings. The van der Waals surface area contributed by atoms with Crippen molar-refractivity contribution in [1.82, 2.24) is 0 Å². The topological polar surface area (TPSA) is 47.3 Å². The molecule has 0 aliphatic heterocycles. The summed E-state index contributed by atoms with van der Waals surface area (Å²) in [5.74, 6) is -0.883. The number of ether oxygens (including phenoxy) is 1.